The maximum Gasteiger partial charge on any atom is 0.303 e. The van der Waals surface area contributed by atoms with Crippen LogP contribution in [0, 0.1) is 5.92 Å². The molecule has 0 unspecified atom stereocenters. The van der Waals surface area contributed by atoms with Crippen LogP contribution in [0.25, 0.3) is 11.1 Å². The number of carboxylic acid groups (broad SMARTS) is 1. The summed E-state index contributed by atoms with van der Waals surface area (Å²) >= 11 is 0. The van der Waals surface area contributed by atoms with E-state index in [-0.39, 0.29) is 56.1 Å². The highest BCUT2D eigenvalue weighted by Gasteiger charge is 2.40. The first-order chi connectivity index (χ1) is 21.8. The summed E-state index contributed by atoms with van der Waals surface area (Å²) in [5.74, 6) is -1.01. The van der Waals surface area contributed by atoms with Gasteiger partial charge in [0.25, 0.3) is 0 Å². The minimum Gasteiger partial charge on any atom is -0.481 e. The zero-order chi connectivity index (χ0) is 31.8. The number of ether oxygens (including phenoxy) is 2. The second-order valence-electron chi connectivity index (χ2n) is 12.1. The molecule has 45 heavy (non-hydrogen) atoms. The summed E-state index contributed by atoms with van der Waals surface area (Å²) in [5.41, 5.74) is 5.72. The Kier molecular flexibility index (Phi) is 11.4. The molecule has 0 aliphatic carbocycles. The Bertz CT molecular complexity index is 1430. The summed E-state index contributed by atoms with van der Waals surface area (Å²) in [6.45, 7) is 4.29. The van der Waals surface area contributed by atoms with Gasteiger partial charge in [-0.3, -0.25) is 14.5 Å². The van der Waals surface area contributed by atoms with Gasteiger partial charge in [-0.05, 0) is 65.8 Å². The molecule has 2 fully saturated rings. The summed E-state index contributed by atoms with van der Waals surface area (Å²) in [7, 11) is 0. The first-order valence-electron chi connectivity index (χ1n) is 15.9. The van der Waals surface area contributed by atoms with Crippen LogP contribution in [-0.2, 0) is 32.2 Å². The number of amides is 1. The summed E-state index contributed by atoms with van der Waals surface area (Å²) in [6, 6.07) is 24.2. The first kappa shape index (κ1) is 32.8. The number of carboxylic acids is 1. The highest BCUT2D eigenvalue weighted by atomic mass is 16.7. The third-order valence-corrected chi connectivity index (χ3v) is 8.95. The molecule has 5 atom stereocenters. The van der Waals surface area contributed by atoms with Gasteiger partial charge in [-0.1, -0.05) is 67.6 Å². The van der Waals surface area contributed by atoms with Gasteiger partial charge in [0.05, 0.1) is 25.4 Å². The van der Waals surface area contributed by atoms with Crippen molar-refractivity contribution in [3.63, 3.8) is 0 Å². The SMILES string of the molecule is C[C@H]1[C@@H](CN2CCC[C@H]2CO)O[C@@H](c2cccc(-c3cccc(CNC(=O)CCCC(=O)O)c3)c2)O[C@H]1c1ccc(CO)cc1. The van der Waals surface area contributed by atoms with Gasteiger partial charge in [-0.25, -0.2) is 0 Å². The molecule has 2 saturated heterocycles. The van der Waals surface area contributed by atoms with Gasteiger partial charge in [-0.2, -0.15) is 0 Å². The van der Waals surface area contributed by atoms with Crippen LogP contribution in [0.5, 0.6) is 0 Å². The van der Waals surface area contributed by atoms with Crippen molar-refractivity contribution in [2.24, 2.45) is 5.92 Å². The highest BCUT2D eigenvalue weighted by molar-refractivity contribution is 5.76. The summed E-state index contributed by atoms with van der Waals surface area (Å²) < 4.78 is 13.4. The highest BCUT2D eigenvalue weighted by Crippen LogP contribution is 2.43. The lowest BCUT2D eigenvalue weighted by Crippen LogP contribution is -2.46. The fourth-order valence-corrected chi connectivity index (χ4v) is 6.32. The standard InChI is InChI=1S/C36H44N2O7/c1-24-32(21-38-17-5-10-31(38)23-40)44-36(45-35(24)27-15-13-25(22-39)14-16-27)30-9-3-8-29(19-30)28-7-2-6-26(18-28)20-37-33(41)11-4-12-34(42)43/h2-3,6-9,13-16,18-19,24,31-32,35-36,39-40H,4-5,10-12,17,20-23H2,1H3,(H,37,41)(H,42,43)/t24-,31-,32+,35+,36+/m0/s1. The normalized spacial score (nSPS) is 23.6. The number of nitrogens with zero attached hydrogens (tertiary/aromatic N) is 1. The number of aliphatic hydroxyl groups is 2. The lowest BCUT2D eigenvalue weighted by Gasteiger charge is -2.43. The number of carbonyl (C=O) groups is 2. The zero-order valence-electron chi connectivity index (χ0n) is 25.8. The van der Waals surface area contributed by atoms with E-state index in [0.29, 0.717) is 19.5 Å². The quantitative estimate of drug-likeness (QED) is 0.212. The van der Waals surface area contributed by atoms with Crippen molar-refractivity contribution in [1.82, 2.24) is 10.2 Å². The molecule has 1 amide bonds. The predicted molar refractivity (Wildman–Crippen MR) is 170 cm³/mol. The monoisotopic (exact) mass is 616 g/mol. The van der Waals surface area contributed by atoms with E-state index in [1.807, 2.05) is 66.7 Å². The number of rotatable bonds is 13. The molecule has 0 bridgehead atoms. The molecule has 4 N–H and O–H groups in total. The van der Waals surface area contributed by atoms with Crippen LogP contribution < -0.4 is 5.32 Å². The van der Waals surface area contributed by atoms with Gasteiger partial charge in [0.1, 0.15) is 0 Å². The number of hydrogen-bond acceptors (Lipinski definition) is 7. The van der Waals surface area contributed by atoms with E-state index in [1.54, 1.807) is 0 Å². The average Bonchev–Trinajstić information content (AvgIpc) is 3.52. The summed E-state index contributed by atoms with van der Waals surface area (Å²) in [4.78, 5) is 25.2. The Hall–Kier alpha value is -3.60. The lowest BCUT2D eigenvalue weighted by molar-refractivity contribution is -0.276. The molecule has 9 heteroatoms. The fraction of sp³-hybridized carbons (Fsp3) is 0.444. The second kappa shape index (κ2) is 15.6. The van der Waals surface area contributed by atoms with Gasteiger partial charge in [0, 0.05) is 43.5 Å². The van der Waals surface area contributed by atoms with E-state index in [2.05, 4.69) is 23.2 Å². The van der Waals surface area contributed by atoms with Crippen molar-refractivity contribution in [2.45, 2.75) is 76.7 Å². The summed E-state index contributed by atoms with van der Waals surface area (Å²) in [5, 5.41) is 31.2. The Balaban J connectivity index is 1.34. The number of benzene rings is 3. The van der Waals surface area contributed by atoms with Crippen LogP contribution in [0.15, 0.2) is 72.8 Å². The van der Waals surface area contributed by atoms with Gasteiger partial charge < -0.3 is 30.1 Å². The molecule has 240 valence electrons. The van der Waals surface area contributed by atoms with E-state index in [1.165, 1.54) is 0 Å². The van der Waals surface area contributed by atoms with Crippen LogP contribution in [0.1, 0.15) is 73.7 Å². The molecule has 0 radical (unpaired) electrons. The third kappa shape index (κ3) is 8.56. The van der Waals surface area contributed by atoms with E-state index in [9.17, 15) is 19.8 Å². The number of nitrogens with one attached hydrogen (secondary N) is 1. The van der Waals surface area contributed by atoms with Gasteiger partial charge in [0.15, 0.2) is 6.29 Å². The Labute approximate surface area is 264 Å². The van der Waals surface area contributed by atoms with E-state index in [4.69, 9.17) is 14.6 Å². The molecule has 0 saturated carbocycles. The number of likely N-dealkylation sites (tertiary alicyclic amines) is 1. The molecule has 2 heterocycles. The van der Waals surface area contributed by atoms with Crippen LogP contribution in [0.4, 0.5) is 0 Å². The second-order valence-corrected chi connectivity index (χ2v) is 12.1. The molecular weight excluding hydrogens is 572 g/mol. The average molecular weight is 617 g/mol. The number of aliphatic hydroxyl groups excluding tert-OH is 2. The third-order valence-electron chi connectivity index (χ3n) is 8.95. The molecular formula is C36H44N2O7. The van der Waals surface area contributed by atoms with Gasteiger partial charge in [-0.15, -0.1) is 0 Å². The molecule has 5 rings (SSSR count). The van der Waals surface area contributed by atoms with E-state index < -0.39 is 12.3 Å². The van der Waals surface area contributed by atoms with Crippen molar-refractivity contribution in [1.29, 1.82) is 0 Å². The first-order valence-corrected chi connectivity index (χ1v) is 15.9. The molecule has 0 spiro atoms. The van der Waals surface area contributed by atoms with Crippen molar-refractivity contribution in [3.8, 4) is 11.1 Å². The minimum absolute atomic E-state index is 0.0135. The molecule has 0 aromatic heterocycles. The van der Waals surface area contributed by atoms with Crippen LogP contribution in [0.2, 0.25) is 0 Å². The summed E-state index contributed by atoms with van der Waals surface area (Å²) in [6.07, 6.45) is 1.58. The smallest absolute Gasteiger partial charge is 0.303 e. The molecule has 9 nitrogen and oxygen atoms in total. The van der Waals surface area contributed by atoms with Crippen LogP contribution >= 0.6 is 0 Å². The Morgan fingerprint density at radius 2 is 1.67 bits per heavy atom. The predicted octanol–water partition coefficient (Wildman–Crippen LogP) is 4.97. The minimum atomic E-state index is -0.902. The molecule has 2 aliphatic heterocycles. The Morgan fingerprint density at radius 1 is 0.911 bits per heavy atom. The number of aliphatic carboxylic acids is 1. The van der Waals surface area contributed by atoms with Gasteiger partial charge in [0.2, 0.25) is 5.91 Å². The van der Waals surface area contributed by atoms with Gasteiger partial charge >= 0.3 is 5.97 Å². The zero-order valence-corrected chi connectivity index (χ0v) is 25.8. The molecule has 3 aromatic rings. The van der Waals surface area contributed by atoms with Crippen molar-refractivity contribution < 1.29 is 34.4 Å². The van der Waals surface area contributed by atoms with Crippen LogP contribution in [0.3, 0.4) is 0 Å². The van der Waals surface area contributed by atoms with E-state index >= 15 is 0 Å². The topological polar surface area (TPSA) is 129 Å². The Morgan fingerprint density at radius 3 is 2.40 bits per heavy atom. The maximum absolute atomic E-state index is 12.2. The van der Waals surface area contributed by atoms with Crippen molar-refractivity contribution in [2.75, 3.05) is 19.7 Å². The lowest BCUT2D eigenvalue weighted by atomic mass is 9.89. The molecule has 3 aromatic carbocycles. The fourth-order valence-electron chi connectivity index (χ4n) is 6.32. The van der Waals surface area contributed by atoms with Crippen LogP contribution in [-0.4, -0.2) is 63.9 Å². The maximum atomic E-state index is 12.2. The number of carbonyl (C=O) groups excluding carboxylic acids is 1. The number of hydrogen-bond donors (Lipinski definition) is 4. The van der Waals surface area contributed by atoms with E-state index in [0.717, 1.165) is 52.8 Å². The largest absolute Gasteiger partial charge is 0.481 e. The van der Waals surface area contributed by atoms with Crippen molar-refractivity contribution >= 4 is 11.9 Å². The van der Waals surface area contributed by atoms with Crippen molar-refractivity contribution in [3.05, 3.63) is 95.1 Å². The molecule has 2 aliphatic rings.